The van der Waals surface area contributed by atoms with Gasteiger partial charge in [-0.3, -0.25) is 0 Å². The molecule has 1 saturated heterocycles. The number of carbonyl (C=O) groups excluding carboxylic acids is 1. The molecule has 1 rings (SSSR count). The molecule has 1 heterocycles. The molecule has 3 N–H and O–H groups in total. The minimum atomic E-state index is -4.37. The Kier molecular flexibility index (Phi) is 5.04. The summed E-state index contributed by atoms with van der Waals surface area (Å²) in [6.07, 6.45) is -2.20. The minimum absolute atomic E-state index is 0.139. The average Bonchev–Trinajstić information content (AvgIpc) is 2.24. The molecule has 1 aliphatic heterocycles. The Morgan fingerprint density at radius 1 is 1.41 bits per heavy atom. The highest BCUT2D eigenvalue weighted by Crippen LogP contribution is 2.14. The van der Waals surface area contributed by atoms with Crippen molar-refractivity contribution >= 4 is 6.03 Å². The summed E-state index contributed by atoms with van der Waals surface area (Å²) in [6, 6.07) is -0.637. The molecule has 0 aromatic carbocycles. The van der Waals surface area contributed by atoms with E-state index in [4.69, 9.17) is 0 Å². The zero-order chi connectivity index (χ0) is 12.9. The molecule has 1 aliphatic rings. The fraction of sp³-hybridized carbons (Fsp3) is 0.900. The Hall–Kier alpha value is -0.980. The molecule has 4 nitrogen and oxygen atoms in total. The highest BCUT2D eigenvalue weighted by Gasteiger charge is 2.28. The van der Waals surface area contributed by atoms with Crippen LogP contribution in [0.25, 0.3) is 0 Å². The molecule has 0 spiro atoms. The number of alkyl halides is 3. The lowest BCUT2D eigenvalue weighted by Crippen LogP contribution is -2.50. The number of amides is 2. The molecule has 2 atom stereocenters. The van der Waals surface area contributed by atoms with E-state index >= 15 is 0 Å². The number of rotatable bonds is 3. The second-order valence-electron chi connectivity index (χ2n) is 4.36. The fourth-order valence-electron chi connectivity index (χ4n) is 1.83. The third-order valence-electron chi connectivity index (χ3n) is 2.86. The van der Waals surface area contributed by atoms with Crippen molar-refractivity contribution in [2.75, 3.05) is 19.6 Å². The lowest BCUT2D eigenvalue weighted by molar-refractivity contribution is -0.122. The molecule has 0 bridgehead atoms. The van der Waals surface area contributed by atoms with Gasteiger partial charge in [0.25, 0.3) is 0 Å². The van der Waals surface area contributed by atoms with E-state index in [0.717, 1.165) is 19.4 Å². The van der Waals surface area contributed by atoms with Crippen LogP contribution in [0.2, 0.25) is 0 Å². The number of halogens is 3. The molecular formula is C10H18F3N3O. The predicted octanol–water partition coefficient (Wildman–Crippen LogP) is 1.24. The summed E-state index contributed by atoms with van der Waals surface area (Å²) in [4.78, 5) is 11.1. The Morgan fingerprint density at radius 2 is 2.12 bits per heavy atom. The van der Waals surface area contributed by atoms with Crippen molar-refractivity contribution in [1.82, 2.24) is 16.0 Å². The molecule has 2 amide bonds. The van der Waals surface area contributed by atoms with E-state index < -0.39 is 18.8 Å². The summed E-state index contributed by atoms with van der Waals surface area (Å²) in [5.74, 6) is 0.423. The predicted molar refractivity (Wildman–Crippen MR) is 57.6 cm³/mol. The molecule has 0 aromatic heterocycles. The van der Waals surface area contributed by atoms with Crippen molar-refractivity contribution in [3.8, 4) is 0 Å². The van der Waals surface area contributed by atoms with E-state index in [-0.39, 0.29) is 6.04 Å². The Labute approximate surface area is 98.3 Å². The maximum absolute atomic E-state index is 11.8. The lowest BCUT2D eigenvalue weighted by atomic mass is 9.93. The van der Waals surface area contributed by atoms with Crippen LogP contribution >= 0.6 is 0 Å². The number of hydrogen-bond acceptors (Lipinski definition) is 2. The topological polar surface area (TPSA) is 53.2 Å². The molecule has 0 aromatic rings. The standard InChI is InChI=1S/C10H18F3N3O/c1-7-3-2-4-14-8(7)5-15-9(17)16-6-10(11,12)13/h7-8,14H,2-6H2,1H3,(H2,15,16,17). The Morgan fingerprint density at radius 3 is 2.71 bits per heavy atom. The normalized spacial score (nSPS) is 25.4. The zero-order valence-corrected chi connectivity index (χ0v) is 9.73. The molecule has 0 saturated carbocycles. The Bertz CT molecular complexity index is 258. The highest BCUT2D eigenvalue weighted by atomic mass is 19.4. The zero-order valence-electron chi connectivity index (χ0n) is 9.73. The van der Waals surface area contributed by atoms with Crippen molar-refractivity contribution in [2.24, 2.45) is 5.92 Å². The number of hydrogen-bond donors (Lipinski definition) is 3. The number of nitrogens with one attached hydrogen (secondary N) is 3. The number of urea groups is 1. The van der Waals surface area contributed by atoms with Gasteiger partial charge >= 0.3 is 12.2 Å². The molecule has 0 aliphatic carbocycles. The average molecular weight is 253 g/mol. The van der Waals surface area contributed by atoms with Crippen molar-refractivity contribution in [3.05, 3.63) is 0 Å². The fourth-order valence-corrected chi connectivity index (χ4v) is 1.83. The highest BCUT2D eigenvalue weighted by molar-refractivity contribution is 5.73. The van der Waals surface area contributed by atoms with Crippen LogP contribution < -0.4 is 16.0 Å². The summed E-state index contributed by atoms with van der Waals surface area (Å²) in [5, 5.41) is 7.45. The number of piperidine rings is 1. The van der Waals surface area contributed by atoms with Crippen molar-refractivity contribution in [2.45, 2.75) is 32.0 Å². The van der Waals surface area contributed by atoms with Crippen LogP contribution in [0.3, 0.4) is 0 Å². The summed E-state index contributed by atoms with van der Waals surface area (Å²) < 4.78 is 35.5. The van der Waals surface area contributed by atoms with Gasteiger partial charge in [0.2, 0.25) is 0 Å². The van der Waals surface area contributed by atoms with Gasteiger partial charge in [-0.2, -0.15) is 13.2 Å². The van der Waals surface area contributed by atoms with Crippen LogP contribution in [0.5, 0.6) is 0 Å². The SMILES string of the molecule is CC1CCCNC1CNC(=O)NCC(F)(F)F. The van der Waals surface area contributed by atoms with Gasteiger partial charge in [-0.25, -0.2) is 4.79 Å². The molecule has 7 heteroatoms. The van der Waals surface area contributed by atoms with E-state index in [1.54, 1.807) is 5.32 Å². The van der Waals surface area contributed by atoms with E-state index in [9.17, 15) is 18.0 Å². The third-order valence-corrected chi connectivity index (χ3v) is 2.86. The van der Waals surface area contributed by atoms with E-state index in [2.05, 4.69) is 17.6 Å². The van der Waals surface area contributed by atoms with Crippen molar-refractivity contribution < 1.29 is 18.0 Å². The Balaban J connectivity index is 2.19. The van der Waals surface area contributed by atoms with Gasteiger partial charge in [0, 0.05) is 12.6 Å². The van der Waals surface area contributed by atoms with Gasteiger partial charge < -0.3 is 16.0 Å². The third kappa shape index (κ3) is 5.76. The van der Waals surface area contributed by atoms with Crippen LogP contribution in [-0.2, 0) is 0 Å². The smallest absolute Gasteiger partial charge is 0.337 e. The first-order valence-electron chi connectivity index (χ1n) is 5.70. The molecular weight excluding hydrogens is 235 g/mol. The van der Waals surface area contributed by atoms with Crippen LogP contribution in [0, 0.1) is 5.92 Å². The van der Waals surface area contributed by atoms with E-state index in [1.165, 1.54) is 0 Å². The first kappa shape index (κ1) is 14.1. The largest absolute Gasteiger partial charge is 0.405 e. The monoisotopic (exact) mass is 253 g/mol. The first-order chi connectivity index (χ1) is 7.88. The maximum atomic E-state index is 11.8. The van der Waals surface area contributed by atoms with Gasteiger partial charge in [0.15, 0.2) is 0 Å². The molecule has 17 heavy (non-hydrogen) atoms. The number of carbonyl (C=O) groups is 1. The summed E-state index contributed by atoms with van der Waals surface area (Å²) in [5.41, 5.74) is 0. The van der Waals surface area contributed by atoms with Crippen LogP contribution in [0.4, 0.5) is 18.0 Å². The van der Waals surface area contributed by atoms with Gasteiger partial charge in [-0.05, 0) is 25.3 Å². The summed E-state index contributed by atoms with van der Waals surface area (Å²) >= 11 is 0. The molecule has 2 unspecified atom stereocenters. The summed E-state index contributed by atoms with van der Waals surface area (Å²) in [6.45, 7) is 2.00. The molecule has 1 fully saturated rings. The van der Waals surface area contributed by atoms with Gasteiger partial charge in [-0.15, -0.1) is 0 Å². The van der Waals surface area contributed by atoms with Crippen molar-refractivity contribution in [3.63, 3.8) is 0 Å². The van der Waals surface area contributed by atoms with Crippen LogP contribution in [0.15, 0.2) is 0 Å². The minimum Gasteiger partial charge on any atom is -0.337 e. The van der Waals surface area contributed by atoms with Gasteiger partial charge in [-0.1, -0.05) is 6.92 Å². The lowest BCUT2D eigenvalue weighted by Gasteiger charge is -2.30. The quantitative estimate of drug-likeness (QED) is 0.708. The van der Waals surface area contributed by atoms with Crippen LogP contribution in [-0.4, -0.2) is 37.9 Å². The molecule has 100 valence electrons. The second-order valence-corrected chi connectivity index (χ2v) is 4.36. The van der Waals surface area contributed by atoms with Crippen molar-refractivity contribution in [1.29, 1.82) is 0 Å². The van der Waals surface area contributed by atoms with Gasteiger partial charge in [0.1, 0.15) is 6.54 Å². The van der Waals surface area contributed by atoms with Gasteiger partial charge in [0.05, 0.1) is 0 Å². The molecule has 0 radical (unpaired) electrons. The van der Waals surface area contributed by atoms with Crippen LogP contribution in [0.1, 0.15) is 19.8 Å². The van der Waals surface area contributed by atoms with E-state index in [1.807, 2.05) is 0 Å². The maximum Gasteiger partial charge on any atom is 0.405 e. The van der Waals surface area contributed by atoms with E-state index in [0.29, 0.717) is 12.5 Å². The first-order valence-corrected chi connectivity index (χ1v) is 5.70. The second kappa shape index (κ2) is 6.09. The summed E-state index contributed by atoms with van der Waals surface area (Å²) in [7, 11) is 0.